The van der Waals surface area contributed by atoms with Gasteiger partial charge in [0.1, 0.15) is 23.3 Å². The Labute approximate surface area is 823 Å². The minimum absolute atomic E-state index is 0.0283. The van der Waals surface area contributed by atoms with Crippen molar-refractivity contribution in [3.05, 3.63) is 344 Å². The van der Waals surface area contributed by atoms with Crippen molar-refractivity contribution in [2.24, 2.45) is 10.4 Å². The number of carboxylic acid groups (broad SMARTS) is 1. The molecule has 14 N–H and O–H groups in total. The molecule has 0 aliphatic rings. The second-order valence-corrected chi connectivity index (χ2v) is 44.8. The van der Waals surface area contributed by atoms with E-state index in [0.29, 0.717) is 114 Å². The van der Waals surface area contributed by atoms with Gasteiger partial charge in [0, 0.05) is 92.4 Å². The van der Waals surface area contributed by atoms with Gasteiger partial charge in [-0.3, -0.25) is 24.2 Å². The Kier molecular flexibility index (Phi) is 37.8. The molecule has 135 heavy (non-hydrogen) atoms. The van der Waals surface area contributed by atoms with Gasteiger partial charge in [-0.25, -0.2) is 57.4 Å². The predicted molar refractivity (Wildman–Crippen MR) is 542 cm³/mol. The van der Waals surface area contributed by atoms with E-state index in [9.17, 15) is 27.2 Å². The number of carbonyl (C=O) groups excluding carboxylic acids is 1. The first-order chi connectivity index (χ1) is 64.0. The number of carbonyl (C=O) groups is 2. The van der Waals surface area contributed by atoms with Crippen LogP contribution in [0.5, 0.6) is 0 Å². The second-order valence-electron chi connectivity index (χ2n) is 31.7. The van der Waals surface area contributed by atoms with Crippen molar-refractivity contribution in [2.45, 2.75) is 98.8 Å². The Bertz CT molecular complexity index is 6870. The molecule has 696 valence electrons. The van der Waals surface area contributed by atoms with Gasteiger partial charge in [0.05, 0.1) is 72.5 Å². The van der Waals surface area contributed by atoms with Crippen molar-refractivity contribution in [3.8, 4) is 56.2 Å². The number of aryl methyl sites for hydroxylation is 2. The van der Waals surface area contributed by atoms with E-state index < -0.39 is 29.6 Å². The van der Waals surface area contributed by atoms with Crippen LogP contribution in [0.1, 0.15) is 63.6 Å². The summed E-state index contributed by atoms with van der Waals surface area (Å²) in [5, 5.41) is 40.1. The van der Waals surface area contributed by atoms with Crippen molar-refractivity contribution >= 4 is 176 Å². The topological polar surface area (TPSA) is 422 Å². The standard InChI is InChI=1S/C24H18ClFN6.C19H15BrClFN4O.C18H12BrClFN5.C11H10BrFN4.C8H7ClO2.C8H21NOSi2.C6H8BNO2/c1-14-11-17(9-10-28-14)21-22(16-5-7-19(26)8-6-16)30-24(27)32-23(21)29-20(31-32)13-15-3-2-4-18(25)12-15;20-17-15(10-24-16(27)9-11-2-1-3-13(21)8-11)25-19(23)26-18(17)12-4-6-14(22)7-5-12;19-15-16(11-4-6-13(21)7-5-11)24-18(22)26-17(15)23-14(25-26)9-10-2-1-3-12(20)8-10;12-9-8(5-14)16-11(15)17-10(9)6-1-3-7(13)4-2-6;9-7-3-1-2-6(4-7)5-8(10)11;1-8(9-11(2,3)4)10-12(5,6)7;1-5-4-6(7(9)10)2-3-8-5/h2-12H,13H2,1H3,(H2,27,30);1-8H,9-10H2,(H,24,27)(H2,23,25,26);1-8H,9H2,(H2,22,24);1-4H,5,14H2,(H2,15,16,17);1-4H,5H2,(H,10,11);1-7H3;2-4,9-10H,1H3. The van der Waals surface area contributed by atoms with Crippen LogP contribution in [-0.2, 0) is 52.8 Å². The van der Waals surface area contributed by atoms with Gasteiger partial charge in [0.2, 0.25) is 38.0 Å². The maximum atomic E-state index is 13.6. The van der Waals surface area contributed by atoms with Crippen LogP contribution < -0.4 is 39.4 Å². The lowest BCUT2D eigenvalue weighted by atomic mass is 9.81. The summed E-state index contributed by atoms with van der Waals surface area (Å²) in [6.45, 7) is 19.3. The van der Waals surface area contributed by atoms with Gasteiger partial charge in [-0.2, -0.15) is 9.03 Å². The Morgan fingerprint density at radius 3 is 1.27 bits per heavy atom. The van der Waals surface area contributed by atoms with E-state index in [0.717, 1.165) is 67.4 Å². The largest absolute Gasteiger partial charge is 0.535 e. The monoisotopic (exact) mass is 2130 g/mol. The fraction of sp³-hybridized carbons (Fsp3) is 0.160. The number of benzene rings is 8. The van der Waals surface area contributed by atoms with Gasteiger partial charge >= 0.3 is 13.1 Å². The highest BCUT2D eigenvalue weighted by molar-refractivity contribution is 9.11. The molecule has 1 amide bonds. The molecule has 8 heterocycles. The third-order valence-electron chi connectivity index (χ3n) is 18.4. The summed E-state index contributed by atoms with van der Waals surface area (Å²) in [6.07, 6.45) is 4.51. The Balaban J connectivity index is 0.000000169. The molecule has 8 aromatic heterocycles. The molecule has 0 spiro atoms. The fourth-order valence-electron chi connectivity index (χ4n) is 12.8. The third kappa shape index (κ3) is 32.2. The number of aromatic nitrogens is 14. The highest BCUT2D eigenvalue weighted by atomic mass is 79.9. The molecule has 0 unspecified atom stereocenters. The highest BCUT2D eigenvalue weighted by Crippen LogP contribution is 2.38. The summed E-state index contributed by atoms with van der Waals surface area (Å²) in [6, 6.07) is 60.1. The number of nitrogens with one attached hydrogen (secondary N) is 1. The van der Waals surface area contributed by atoms with Crippen LogP contribution in [-0.4, -0.2) is 126 Å². The summed E-state index contributed by atoms with van der Waals surface area (Å²) in [5.74, 6) is 0.375. The number of carboxylic acids is 1. The van der Waals surface area contributed by atoms with Gasteiger partial charge in [0.25, 0.3) is 0 Å². The molecule has 0 saturated carbocycles. The fourth-order valence-corrected chi connectivity index (χ4v) is 17.4. The van der Waals surface area contributed by atoms with E-state index in [1.54, 1.807) is 122 Å². The van der Waals surface area contributed by atoms with Crippen LogP contribution >= 0.6 is 94.2 Å². The molecule has 0 aliphatic carbocycles. The van der Waals surface area contributed by atoms with Gasteiger partial charge in [-0.1, -0.05) is 94.9 Å². The molecule has 0 atom stereocenters. The Morgan fingerprint density at radius 2 is 0.859 bits per heavy atom. The minimum Gasteiger partial charge on any atom is -0.535 e. The van der Waals surface area contributed by atoms with Crippen molar-refractivity contribution in [1.82, 2.24) is 74.4 Å². The zero-order valence-corrected chi connectivity index (χ0v) is 83.9. The van der Waals surface area contributed by atoms with E-state index in [4.69, 9.17) is 99.6 Å². The number of amides is 1. The molecular weight excluding hydrogens is 2040 g/mol. The Hall–Kier alpha value is -12.4. The number of nitrogens with two attached hydrogens (primary N) is 5. The summed E-state index contributed by atoms with van der Waals surface area (Å²) in [4.78, 5) is 65.5. The maximum Gasteiger partial charge on any atom is 0.488 e. The number of nitrogens with zero attached hydrogens (tertiary/aromatic N) is 15. The highest BCUT2D eigenvalue weighted by Gasteiger charge is 2.25. The number of pyridine rings is 2. The van der Waals surface area contributed by atoms with Crippen molar-refractivity contribution in [1.29, 1.82) is 0 Å². The smallest absolute Gasteiger partial charge is 0.488 e. The predicted octanol–water partition coefficient (Wildman–Crippen LogP) is 20.0. The molecule has 0 saturated heterocycles. The van der Waals surface area contributed by atoms with E-state index in [1.165, 1.54) is 57.6 Å². The van der Waals surface area contributed by atoms with E-state index in [2.05, 4.69) is 152 Å². The molecule has 0 radical (unpaired) electrons. The van der Waals surface area contributed by atoms with E-state index >= 15 is 0 Å². The van der Waals surface area contributed by atoms with Crippen LogP contribution in [0.3, 0.4) is 0 Å². The first kappa shape index (κ1) is 105. The molecule has 8 aromatic carbocycles. The molecule has 41 heteroatoms. The number of rotatable bonds is 19. The lowest BCUT2D eigenvalue weighted by Gasteiger charge is -2.21. The SMILES string of the molecule is CC(=N[Si](C)(C)C)O[Si](C)(C)C.Cc1cc(-c2c(-c3ccc(F)cc3)nc(N)n3nc(Cc4cccc(Cl)c4)nc23)ccn1.Cc1cc(B(O)O)ccn1.NCc1nc(N)nc(-c2ccc(F)cc2)c1Br.Nc1nc(-c2ccc(F)cc2)c(Br)c2nc(Cc3cccc(Cl)c3)nn12.Nc1nc(CNC(=O)Cc2cccc(Cl)c2)c(Br)c(-c2ccc(F)cc2)n1.O=C(O)Cc1cccc(Cl)c1. The van der Waals surface area contributed by atoms with Gasteiger partial charge in [-0.05, 0) is 304 Å². The lowest BCUT2D eigenvalue weighted by molar-refractivity contribution is -0.136. The molecular formula is C94H91BBr3Cl4F4N21O6Si2. The van der Waals surface area contributed by atoms with Crippen LogP contribution in [0.25, 0.3) is 67.5 Å². The normalized spacial score (nSPS) is 11.1. The van der Waals surface area contributed by atoms with Crippen molar-refractivity contribution < 1.29 is 46.7 Å². The summed E-state index contributed by atoms with van der Waals surface area (Å²) >= 11 is 34.1. The van der Waals surface area contributed by atoms with Crippen molar-refractivity contribution in [2.75, 3.05) is 22.9 Å². The minimum atomic E-state index is -1.43. The average molecular weight is 2140 g/mol. The summed E-state index contributed by atoms with van der Waals surface area (Å²) in [7, 11) is -4.15. The van der Waals surface area contributed by atoms with Gasteiger partial charge < -0.3 is 53.6 Å². The second kappa shape index (κ2) is 48.7. The van der Waals surface area contributed by atoms with Crippen LogP contribution in [0.4, 0.5) is 41.4 Å². The Morgan fingerprint density at radius 1 is 0.474 bits per heavy atom. The van der Waals surface area contributed by atoms with Crippen molar-refractivity contribution in [3.63, 3.8) is 0 Å². The third-order valence-corrected chi connectivity index (χ3v) is 23.6. The molecule has 0 bridgehead atoms. The first-order valence-corrected chi connectivity index (χ1v) is 51.8. The molecule has 16 rings (SSSR count). The molecule has 0 fully saturated rings. The number of hydrogen-bond acceptors (Lipinski definition) is 23. The lowest BCUT2D eigenvalue weighted by Crippen LogP contribution is -2.30. The van der Waals surface area contributed by atoms with Gasteiger partial charge in [-0.15, -0.1) is 10.2 Å². The number of aliphatic carboxylic acids is 1. The summed E-state index contributed by atoms with van der Waals surface area (Å²) in [5.41, 5.74) is 44.0. The zero-order chi connectivity index (χ0) is 98.1. The maximum absolute atomic E-state index is 13.6. The molecule has 27 nitrogen and oxygen atoms in total. The van der Waals surface area contributed by atoms with E-state index in [1.807, 2.05) is 80.6 Å². The quantitative estimate of drug-likeness (QED) is 0.0157. The summed E-state index contributed by atoms with van der Waals surface area (Å²) < 4.78 is 68.0. The number of hydrogen-bond donors (Lipinski definition) is 9. The number of halogens is 11. The van der Waals surface area contributed by atoms with Gasteiger partial charge in [0.15, 0.2) is 37.1 Å². The zero-order valence-electron chi connectivity index (χ0n) is 74.1. The van der Waals surface area contributed by atoms with Crippen LogP contribution in [0, 0.1) is 37.1 Å². The van der Waals surface area contributed by atoms with Crippen LogP contribution in [0.2, 0.25) is 59.4 Å². The number of nitrogen functional groups attached to an aromatic ring is 4. The first-order valence-electron chi connectivity index (χ1n) is 41.1. The van der Waals surface area contributed by atoms with E-state index in [-0.39, 0.29) is 78.9 Å². The number of anilines is 4. The average Bonchev–Trinajstić information content (AvgIpc) is 1.62. The molecule has 0 aliphatic heterocycles. The van der Waals surface area contributed by atoms with Crippen LogP contribution in [0.15, 0.2) is 249 Å². The molecule has 16 aromatic rings. The number of fused-ring (bicyclic) bond motifs is 2.